The first-order chi connectivity index (χ1) is 6.66. The molecule has 1 heterocycles. The van der Waals surface area contributed by atoms with E-state index in [2.05, 4.69) is 11.0 Å². The number of nitrogen functional groups attached to an aromatic ring is 1. The minimum atomic E-state index is -0.173. The number of aliphatic hydroxyl groups excluding tert-OH is 1. The van der Waals surface area contributed by atoms with Gasteiger partial charge in [-0.05, 0) is 37.1 Å². The van der Waals surface area contributed by atoms with Crippen LogP contribution in [0.4, 0.5) is 11.4 Å². The Labute approximate surface area is 84.1 Å². The van der Waals surface area contributed by atoms with Crippen molar-refractivity contribution in [1.82, 2.24) is 0 Å². The van der Waals surface area contributed by atoms with Crippen molar-refractivity contribution in [3.05, 3.63) is 23.8 Å². The van der Waals surface area contributed by atoms with Crippen LogP contribution in [0, 0.1) is 6.92 Å². The fourth-order valence-electron chi connectivity index (χ4n) is 1.83. The van der Waals surface area contributed by atoms with Crippen LogP contribution in [-0.4, -0.2) is 24.3 Å². The Kier molecular flexibility index (Phi) is 2.33. The normalized spacial score (nSPS) is 21.6. The van der Waals surface area contributed by atoms with Crippen molar-refractivity contribution in [3.63, 3.8) is 0 Å². The molecule has 14 heavy (non-hydrogen) atoms. The number of aliphatic hydroxyl groups is 1. The third kappa shape index (κ3) is 1.68. The van der Waals surface area contributed by atoms with Crippen molar-refractivity contribution in [1.29, 1.82) is 0 Å². The lowest BCUT2D eigenvalue weighted by Crippen LogP contribution is -2.21. The van der Waals surface area contributed by atoms with Crippen molar-refractivity contribution in [2.45, 2.75) is 19.4 Å². The van der Waals surface area contributed by atoms with Gasteiger partial charge in [0.25, 0.3) is 0 Å². The Hall–Kier alpha value is -1.22. The number of hydrogen-bond acceptors (Lipinski definition) is 3. The minimum absolute atomic E-state index is 0.173. The zero-order chi connectivity index (χ0) is 10.1. The van der Waals surface area contributed by atoms with Gasteiger partial charge >= 0.3 is 0 Å². The smallest absolute Gasteiger partial charge is 0.0731 e. The van der Waals surface area contributed by atoms with Crippen molar-refractivity contribution >= 4 is 11.4 Å². The first-order valence-corrected chi connectivity index (χ1v) is 4.96. The van der Waals surface area contributed by atoms with E-state index < -0.39 is 0 Å². The molecule has 3 N–H and O–H groups in total. The largest absolute Gasteiger partial charge is 0.399 e. The Morgan fingerprint density at radius 3 is 2.86 bits per heavy atom. The van der Waals surface area contributed by atoms with E-state index in [1.54, 1.807) is 0 Å². The van der Waals surface area contributed by atoms with E-state index in [1.807, 2.05) is 19.1 Å². The first kappa shape index (κ1) is 9.34. The van der Waals surface area contributed by atoms with Crippen LogP contribution in [0.5, 0.6) is 0 Å². The third-order valence-electron chi connectivity index (χ3n) is 2.78. The van der Waals surface area contributed by atoms with Gasteiger partial charge in [0.15, 0.2) is 0 Å². The lowest BCUT2D eigenvalue weighted by Gasteiger charge is -2.18. The first-order valence-electron chi connectivity index (χ1n) is 4.96. The van der Waals surface area contributed by atoms with Crippen LogP contribution in [0.25, 0.3) is 0 Å². The highest BCUT2D eigenvalue weighted by molar-refractivity contribution is 5.58. The molecule has 0 amide bonds. The molecular formula is C11H16N2O. The van der Waals surface area contributed by atoms with Gasteiger partial charge in [-0.25, -0.2) is 0 Å². The maximum absolute atomic E-state index is 9.42. The van der Waals surface area contributed by atoms with Crippen molar-refractivity contribution in [3.8, 4) is 0 Å². The zero-order valence-corrected chi connectivity index (χ0v) is 8.40. The second-order valence-electron chi connectivity index (χ2n) is 3.93. The lowest BCUT2D eigenvalue weighted by molar-refractivity contribution is 0.198. The number of rotatable bonds is 1. The summed E-state index contributed by atoms with van der Waals surface area (Å²) in [5.74, 6) is 0. The highest BCUT2D eigenvalue weighted by atomic mass is 16.3. The van der Waals surface area contributed by atoms with Crippen molar-refractivity contribution in [2.24, 2.45) is 0 Å². The van der Waals surface area contributed by atoms with Crippen LogP contribution in [0.15, 0.2) is 18.2 Å². The van der Waals surface area contributed by atoms with Gasteiger partial charge in [0.05, 0.1) is 6.10 Å². The van der Waals surface area contributed by atoms with Crippen LogP contribution < -0.4 is 10.6 Å². The number of aryl methyl sites for hydroxylation is 1. The molecule has 1 aliphatic rings. The van der Waals surface area contributed by atoms with Gasteiger partial charge in [-0.2, -0.15) is 0 Å². The van der Waals surface area contributed by atoms with Gasteiger partial charge in [-0.1, -0.05) is 0 Å². The number of nitrogens with zero attached hydrogens (tertiary/aromatic N) is 1. The van der Waals surface area contributed by atoms with E-state index in [0.29, 0.717) is 0 Å². The molecule has 2 rings (SSSR count). The summed E-state index contributed by atoms with van der Waals surface area (Å²) in [7, 11) is 0. The minimum Gasteiger partial charge on any atom is -0.399 e. The Morgan fingerprint density at radius 2 is 2.29 bits per heavy atom. The summed E-state index contributed by atoms with van der Waals surface area (Å²) in [4.78, 5) is 2.19. The summed E-state index contributed by atoms with van der Waals surface area (Å²) >= 11 is 0. The summed E-state index contributed by atoms with van der Waals surface area (Å²) in [5.41, 5.74) is 8.84. The molecule has 0 aromatic heterocycles. The quantitative estimate of drug-likeness (QED) is 0.656. The predicted octanol–water partition coefficient (Wildman–Crippen LogP) is 1.15. The summed E-state index contributed by atoms with van der Waals surface area (Å²) in [6, 6.07) is 6.02. The van der Waals surface area contributed by atoms with Gasteiger partial charge in [0, 0.05) is 24.5 Å². The lowest BCUT2D eigenvalue weighted by atomic mass is 10.2. The maximum Gasteiger partial charge on any atom is 0.0731 e. The van der Waals surface area contributed by atoms with Crippen LogP contribution in [-0.2, 0) is 0 Å². The van der Waals surface area contributed by atoms with Crippen LogP contribution in [0.2, 0.25) is 0 Å². The van der Waals surface area contributed by atoms with E-state index in [1.165, 1.54) is 0 Å². The molecule has 1 aromatic rings. The summed E-state index contributed by atoms with van der Waals surface area (Å²) < 4.78 is 0. The molecule has 76 valence electrons. The molecule has 1 atom stereocenters. The average molecular weight is 192 g/mol. The summed E-state index contributed by atoms with van der Waals surface area (Å²) in [5, 5.41) is 9.42. The van der Waals surface area contributed by atoms with Crippen molar-refractivity contribution < 1.29 is 5.11 Å². The molecule has 0 unspecified atom stereocenters. The molecule has 1 fully saturated rings. The molecular weight excluding hydrogens is 176 g/mol. The van der Waals surface area contributed by atoms with Gasteiger partial charge in [-0.15, -0.1) is 0 Å². The van der Waals surface area contributed by atoms with E-state index in [4.69, 9.17) is 5.73 Å². The molecule has 0 saturated carbocycles. The van der Waals surface area contributed by atoms with Gasteiger partial charge in [0.2, 0.25) is 0 Å². The average Bonchev–Trinajstić information content (AvgIpc) is 2.57. The fourth-order valence-corrected chi connectivity index (χ4v) is 1.83. The standard InChI is InChI=1S/C11H16N2O/c1-8-6-9(2-3-11(8)12)13-5-4-10(14)7-13/h2-3,6,10,14H,4-5,7,12H2,1H3/t10-/m1/s1. The number of hydrogen-bond donors (Lipinski definition) is 2. The number of β-amino-alcohol motifs (C(OH)–C–C–N with tert-alkyl or cyclic N) is 1. The van der Waals surface area contributed by atoms with E-state index >= 15 is 0 Å². The summed E-state index contributed by atoms with van der Waals surface area (Å²) in [6.07, 6.45) is 0.691. The molecule has 1 aromatic carbocycles. The Bertz CT molecular complexity index is 338. The molecule has 3 heteroatoms. The molecule has 0 radical (unpaired) electrons. The van der Waals surface area contributed by atoms with E-state index in [0.717, 1.165) is 36.4 Å². The van der Waals surface area contributed by atoms with Crippen LogP contribution in [0.1, 0.15) is 12.0 Å². The molecule has 1 saturated heterocycles. The topological polar surface area (TPSA) is 49.5 Å². The number of anilines is 2. The number of nitrogens with two attached hydrogens (primary N) is 1. The second-order valence-corrected chi connectivity index (χ2v) is 3.93. The Morgan fingerprint density at radius 1 is 1.50 bits per heavy atom. The Balaban J connectivity index is 2.20. The fraction of sp³-hybridized carbons (Fsp3) is 0.455. The van der Waals surface area contributed by atoms with Crippen molar-refractivity contribution in [2.75, 3.05) is 23.7 Å². The third-order valence-corrected chi connectivity index (χ3v) is 2.78. The molecule has 0 aliphatic carbocycles. The van der Waals surface area contributed by atoms with Crippen LogP contribution >= 0.6 is 0 Å². The monoisotopic (exact) mass is 192 g/mol. The summed E-state index contributed by atoms with van der Waals surface area (Å²) in [6.45, 7) is 3.68. The zero-order valence-electron chi connectivity index (χ0n) is 8.40. The highest BCUT2D eigenvalue weighted by Gasteiger charge is 2.20. The SMILES string of the molecule is Cc1cc(N2CC[C@@H](O)C2)ccc1N. The molecule has 3 nitrogen and oxygen atoms in total. The molecule has 0 bridgehead atoms. The predicted molar refractivity (Wildman–Crippen MR) is 58.4 cm³/mol. The van der Waals surface area contributed by atoms with Gasteiger partial charge < -0.3 is 15.7 Å². The maximum atomic E-state index is 9.42. The molecule has 1 aliphatic heterocycles. The van der Waals surface area contributed by atoms with E-state index in [9.17, 15) is 5.11 Å². The van der Waals surface area contributed by atoms with Crippen LogP contribution in [0.3, 0.4) is 0 Å². The van der Waals surface area contributed by atoms with E-state index in [-0.39, 0.29) is 6.10 Å². The van der Waals surface area contributed by atoms with Gasteiger partial charge in [0.1, 0.15) is 0 Å². The second kappa shape index (κ2) is 3.50. The number of benzene rings is 1. The van der Waals surface area contributed by atoms with Gasteiger partial charge in [-0.3, -0.25) is 0 Å². The molecule has 0 spiro atoms. The highest BCUT2D eigenvalue weighted by Crippen LogP contribution is 2.23.